The molecule has 19 heavy (non-hydrogen) atoms. The molecule has 1 aromatic heterocycles. The van der Waals surface area contributed by atoms with Crippen molar-refractivity contribution in [1.82, 2.24) is 14.9 Å². The van der Waals surface area contributed by atoms with Gasteiger partial charge in [-0.3, -0.25) is 0 Å². The van der Waals surface area contributed by atoms with Gasteiger partial charge in [0.15, 0.2) is 0 Å². The molecular weight excluding hydrogens is 234 g/mol. The monoisotopic (exact) mass is 257 g/mol. The zero-order valence-electron chi connectivity index (χ0n) is 11.9. The molecular formula is C16H23N3. The Hall–Kier alpha value is -1.61. The molecule has 0 amide bonds. The van der Waals surface area contributed by atoms with Crippen molar-refractivity contribution in [3.8, 4) is 0 Å². The maximum atomic E-state index is 4.46. The summed E-state index contributed by atoms with van der Waals surface area (Å²) in [6.07, 6.45) is 6.27. The first kappa shape index (κ1) is 13.8. The minimum atomic E-state index is 0.905. The summed E-state index contributed by atoms with van der Waals surface area (Å²) in [5, 5.41) is 3.40. The predicted octanol–water partition coefficient (Wildman–Crippen LogP) is 2.78. The molecule has 0 radical (unpaired) electrons. The van der Waals surface area contributed by atoms with Gasteiger partial charge < -0.3 is 9.88 Å². The van der Waals surface area contributed by atoms with Gasteiger partial charge in [-0.2, -0.15) is 0 Å². The molecule has 3 nitrogen and oxygen atoms in total. The molecule has 0 aliphatic carbocycles. The Kier molecular flexibility index (Phi) is 5.16. The second-order valence-corrected chi connectivity index (χ2v) is 4.96. The van der Waals surface area contributed by atoms with Gasteiger partial charge in [0, 0.05) is 25.7 Å². The summed E-state index contributed by atoms with van der Waals surface area (Å²) in [6.45, 7) is 7.34. The van der Waals surface area contributed by atoms with Crippen LogP contribution in [0.25, 0.3) is 0 Å². The molecule has 1 heterocycles. The second-order valence-electron chi connectivity index (χ2n) is 4.96. The van der Waals surface area contributed by atoms with Gasteiger partial charge in [-0.15, -0.1) is 0 Å². The third-order valence-corrected chi connectivity index (χ3v) is 3.29. The Bertz CT molecular complexity index is 502. The van der Waals surface area contributed by atoms with E-state index in [0.717, 1.165) is 31.7 Å². The average Bonchev–Trinajstić information content (AvgIpc) is 2.85. The molecule has 1 N–H and O–H groups in total. The van der Waals surface area contributed by atoms with Crippen molar-refractivity contribution in [1.29, 1.82) is 0 Å². The second kappa shape index (κ2) is 7.10. The highest BCUT2D eigenvalue weighted by Crippen LogP contribution is 2.09. The van der Waals surface area contributed by atoms with E-state index in [2.05, 4.69) is 59.2 Å². The third kappa shape index (κ3) is 4.21. The number of aromatic nitrogens is 2. The van der Waals surface area contributed by atoms with Gasteiger partial charge in [-0.05, 0) is 31.0 Å². The van der Waals surface area contributed by atoms with Crippen molar-refractivity contribution in [2.24, 2.45) is 0 Å². The third-order valence-electron chi connectivity index (χ3n) is 3.29. The topological polar surface area (TPSA) is 29.9 Å². The Morgan fingerprint density at radius 3 is 2.84 bits per heavy atom. The van der Waals surface area contributed by atoms with E-state index in [1.165, 1.54) is 17.5 Å². The van der Waals surface area contributed by atoms with E-state index in [1.54, 1.807) is 0 Å². The largest absolute Gasteiger partial charge is 0.333 e. The fraction of sp³-hybridized carbons (Fsp3) is 0.438. The molecule has 0 bridgehead atoms. The van der Waals surface area contributed by atoms with Gasteiger partial charge in [0.25, 0.3) is 0 Å². The molecule has 0 atom stereocenters. The van der Waals surface area contributed by atoms with E-state index >= 15 is 0 Å². The van der Waals surface area contributed by atoms with Crippen LogP contribution in [0.5, 0.6) is 0 Å². The Morgan fingerprint density at radius 2 is 2.05 bits per heavy atom. The number of nitrogens with one attached hydrogen (secondary N) is 1. The highest BCUT2D eigenvalue weighted by molar-refractivity contribution is 5.25. The van der Waals surface area contributed by atoms with Crippen molar-refractivity contribution in [2.75, 3.05) is 13.1 Å². The summed E-state index contributed by atoms with van der Waals surface area (Å²) in [4.78, 5) is 4.46. The molecule has 0 aliphatic rings. The summed E-state index contributed by atoms with van der Waals surface area (Å²) in [5.41, 5.74) is 3.86. The number of benzene rings is 1. The van der Waals surface area contributed by atoms with Gasteiger partial charge in [0.05, 0.1) is 12.0 Å². The van der Waals surface area contributed by atoms with Crippen LogP contribution in [0.3, 0.4) is 0 Å². The van der Waals surface area contributed by atoms with Crippen LogP contribution in [-0.2, 0) is 13.0 Å². The van der Waals surface area contributed by atoms with Crippen LogP contribution in [0.4, 0.5) is 0 Å². The normalized spacial score (nSPS) is 10.8. The average molecular weight is 257 g/mol. The smallest absolute Gasteiger partial charge is 0.0952 e. The van der Waals surface area contributed by atoms with Gasteiger partial charge >= 0.3 is 0 Å². The van der Waals surface area contributed by atoms with Crippen molar-refractivity contribution in [3.05, 3.63) is 53.6 Å². The summed E-state index contributed by atoms with van der Waals surface area (Å²) in [7, 11) is 0. The van der Waals surface area contributed by atoms with Gasteiger partial charge in [-0.1, -0.05) is 31.2 Å². The molecule has 3 heteroatoms. The van der Waals surface area contributed by atoms with E-state index in [1.807, 2.05) is 6.33 Å². The van der Waals surface area contributed by atoms with Gasteiger partial charge in [0.2, 0.25) is 0 Å². The van der Waals surface area contributed by atoms with E-state index in [9.17, 15) is 0 Å². The first-order chi connectivity index (χ1) is 9.29. The molecule has 102 valence electrons. The first-order valence-corrected chi connectivity index (χ1v) is 7.05. The molecule has 2 rings (SSSR count). The number of hydrogen-bond donors (Lipinski definition) is 1. The number of nitrogens with zero attached hydrogens (tertiary/aromatic N) is 2. The van der Waals surface area contributed by atoms with E-state index in [0.29, 0.717) is 0 Å². The highest BCUT2D eigenvalue weighted by Gasteiger charge is 2.01. The van der Waals surface area contributed by atoms with Crippen LogP contribution in [0.15, 0.2) is 36.8 Å². The molecule has 0 aliphatic heterocycles. The molecule has 0 saturated carbocycles. The number of aryl methyl sites for hydroxylation is 1. The molecule has 0 unspecified atom stereocenters. The molecule has 0 spiro atoms. The Morgan fingerprint density at radius 1 is 1.21 bits per heavy atom. The first-order valence-electron chi connectivity index (χ1n) is 7.05. The van der Waals surface area contributed by atoms with Crippen molar-refractivity contribution >= 4 is 0 Å². The molecule has 0 saturated heterocycles. The summed E-state index contributed by atoms with van der Waals surface area (Å²) in [6, 6.07) is 8.51. The van der Waals surface area contributed by atoms with Gasteiger partial charge in [-0.25, -0.2) is 4.98 Å². The molecule has 2 aromatic rings. The van der Waals surface area contributed by atoms with Crippen LogP contribution in [0.2, 0.25) is 0 Å². The minimum Gasteiger partial charge on any atom is -0.333 e. The van der Waals surface area contributed by atoms with E-state index in [-0.39, 0.29) is 0 Å². The quantitative estimate of drug-likeness (QED) is 0.773. The molecule has 1 aromatic carbocycles. The van der Waals surface area contributed by atoms with Crippen molar-refractivity contribution < 1.29 is 0 Å². The summed E-state index contributed by atoms with van der Waals surface area (Å²) >= 11 is 0. The lowest BCUT2D eigenvalue weighted by atomic mass is 10.1. The van der Waals surface area contributed by atoms with Crippen LogP contribution < -0.4 is 5.32 Å². The molecule has 0 fully saturated rings. The number of hydrogen-bond acceptors (Lipinski definition) is 2. The predicted molar refractivity (Wildman–Crippen MR) is 79.4 cm³/mol. The maximum absolute atomic E-state index is 4.46. The number of rotatable bonds is 7. The summed E-state index contributed by atoms with van der Waals surface area (Å²) in [5.74, 6) is 0. The van der Waals surface area contributed by atoms with Crippen LogP contribution >= 0.6 is 0 Å². The zero-order valence-corrected chi connectivity index (χ0v) is 11.9. The SMILES string of the molecule is CCCNCCc1cn(Cc2ccccc2C)cn1. The summed E-state index contributed by atoms with van der Waals surface area (Å²) < 4.78 is 2.16. The van der Waals surface area contributed by atoms with E-state index in [4.69, 9.17) is 0 Å². The highest BCUT2D eigenvalue weighted by atomic mass is 15.0. The lowest BCUT2D eigenvalue weighted by Crippen LogP contribution is -2.17. The lowest BCUT2D eigenvalue weighted by molar-refractivity contribution is 0.666. The minimum absolute atomic E-state index is 0.905. The fourth-order valence-electron chi connectivity index (χ4n) is 2.12. The van der Waals surface area contributed by atoms with E-state index < -0.39 is 0 Å². The maximum Gasteiger partial charge on any atom is 0.0952 e. The zero-order chi connectivity index (χ0) is 13.5. The van der Waals surface area contributed by atoms with Crippen molar-refractivity contribution in [3.63, 3.8) is 0 Å². The lowest BCUT2D eigenvalue weighted by Gasteiger charge is -2.05. The Balaban J connectivity index is 1.89. The Labute approximate surface area is 115 Å². The standard InChI is InChI=1S/C16H23N3/c1-3-9-17-10-8-16-12-19(13-18-16)11-15-7-5-4-6-14(15)2/h4-7,12-13,17H,3,8-11H2,1-2H3. The van der Waals surface area contributed by atoms with Crippen LogP contribution in [0.1, 0.15) is 30.2 Å². The van der Waals surface area contributed by atoms with Gasteiger partial charge in [0.1, 0.15) is 0 Å². The van der Waals surface area contributed by atoms with Crippen LogP contribution in [-0.4, -0.2) is 22.6 Å². The number of imidazole rings is 1. The van der Waals surface area contributed by atoms with Crippen molar-refractivity contribution in [2.45, 2.75) is 33.2 Å². The van der Waals surface area contributed by atoms with Crippen LogP contribution in [0, 0.1) is 6.92 Å². The fourth-order valence-corrected chi connectivity index (χ4v) is 2.12.